The Hall–Kier alpha value is -1.68. The topological polar surface area (TPSA) is 66.4 Å². The zero-order chi connectivity index (χ0) is 13.4. The minimum absolute atomic E-state index is 0.0266. The van der Waals surface area contributed by atoms with E-state index in [-0.39, 0.29) is 18.1 Å². The molecule has 0 saturated heterocycles. The molecular formula is C14H19NO3. The highest BCUT2D eigenvalue weighted by molar-refractivity contribution is 5.77. The van der Waals surface area contributed by atoms with E-state index in [4.69, 9.17) is 0 Å². The number of ketones is 1. The summed E-state index contributed by atoms with van der Waals surface area (Å²) >= 11 is 0. The van der Waals surface area contributed by atoms with Crippen LogP contribution < -0.4 is 5.32 Å². The first-order chi connectivity index (χ1) is 8.58. The van der Waals surface area contributed by atoms with Crippen molar-refractivity contribution in [1.82, 2.24) is 5.32 Å². The van der Waals surface area contributed by atoms with E-state index in [9.17, 15) is 14.7 Å². The van der Waals surface area contributed by atoms with Crippen LogP contribution in [0.15, 0.2) is 30.3 Å². The first kappa shape index (κ1) is 14.4. The summed E-state index contributed by atoms with van der Waals surface area (Å²) in [6.07, 6.45) is -0.0499. The van der Waals surface area contributed by atoms with Gasteiger partial charge in [-0.1, -0.05) is 30.3 Å². The number of Topliss-reactive ketones (excluding diaryl/α,β-unsaturated/α-hetero) is 1. The molecule has 2 N–H and O–H groups in total. The van der Waals surface area contributed by atoms with E-state index in [1.54, 1.807) is 0 Å². The summed E-state index contributed by atoms with van der Waals surface area (Å²) in [4.78, 5) is 22.2. The van der Waals surface area contributed by atoms with E-state index in [2.05, 4.69) is 5.32 Å². The van der Waals surface area contributed by atoms with Crippen molar-refractivity contribution in [2.45, 2.75) is 38.8 Å². The fourth-order valence-corrected chi connectivity index (χ4v) is 1.55. The van der Waals surface area contributed by atoms with E-state index in [1.165, 1.54) is 6.92 Å². The molecular weight excluding hydrogens is 230 g/mol. The molecule has 0 bridgehead atoms. The maximum Gasteiger partial charge on any atom is 0.222 e. The fraction of sp³-hybridized carbons (Fsp3) is 0.429. The number of rotatable bonds is 7. The summed E-state index contributed by atoms with van der Waals surface area (Å²) in [5.74, 6) is -0.173. The van der Waals surface area contributed by atoms with E-state index >= 15 is 0 Å². The average Bonchev–Trinajstić information content (AvgIpc) is 2.35. The first-order valence-corrected chi connectivity index (χ1v) is 6.06. The Morgan fingerprint density at radius 1 is 1.28 bits per heavy atom. The Balaban J connectivity index is 2.23. The van der Waals surface area contributed by atoms with Crippen LogP contribution in [0.5, 0.6) is 0 Å². The highest BCUT2D eigenvalue weighted by Gasteiger charge is 2.11. The Labute approximate surface area is 107 Å². The summed E-state index contributed by atoms with van der Waals surface area (Å²) in [5.41, 5.74) is 1.02. The Kier molecular flexibility index (Phi) is 6.08. The molecule has 0 fully saturated rings. The molecule has 0 aliphatic heterocycles. The van der Waals surface area contributed by atoms with Gasteiger partial charge >= 0.3 is 0 Å². The number of aliphatic hydroxyl groups excluding tert-OH is 1. The Morgan fingerprint density at radius 2 is 1.94 bits per heavy atom. The SMILES string of the molecule is CC(=O)CCC(O)CC(=O)NCc1ccccc1. The summed E-state index contributed by atoms with van der Waals surface area (Å²) < 4.78 is 0. The lowest BCUT2D eigenvalue weighted by molar-refractivity contribution is -0.124. The van der Waals surface area contributed by atoms with Gasteiger partial charge in [-0.3, -0.25) is 4.79 Å². The Morgan fingerprint density at radius 3 is 2.56 bits per heavy atom. The van der Waals surface area contributed by atoms with Crippen molar-refractivity contribution in [3.63, 3.8) is 0 Å². The third-order valence-electron chi connectivity index (χ3n) is 2.58. The maximum atomic E-state index is 11.5. The van der Waals surface area contributed by atoms with Crippen molar-refractivity contribution < 1.29 is 14.7 Å². The highest BCUT2D eigenvalue weighted by Crippen LogP contribution is 2.03. The maximum absolute atomic E-state index is 11.5. The van der Waals surface area contributed by atoms with Crippen molar-refractivity contribution in [2.75, 3.05) is 0 Å². The van der Waals surface area contributed by atoms with E-state index < -0.39 is 6.10 Å². The van der Waals surface area contributed by atoms with Gasteiger partial charge in [0.25, 0.3) is 0 Å². The zero-order valence-electron chi connectivity index (χ0n) is 10.6. The molecule has 0 aliphatic rings. The molecule has 0 saturated carbocycles. The fourth-order valence-electron chi connectivity index (χ4n) is 1.55. The first-order valence-electron chi connectivity index (χ1n) is 6.06. The molecule has 0 spiro atoms. The second-order valence-corrected chi connectivity index (χ2v) is 4.36. The third-order valence-corrected chi connectivity index (χ3v) is 2.58. The molecule has 0 heterocycles. The molecule has 1 atom stereocenters. The predicted molar refractivity (Wildman–Crippen MR) is 68.8 cm³/mol. The number of nitrogens with one attached hydrogen (secondary N) is 1. The zero-order valence-corrected chi connectivity index (χ0v) is 10.6. The van der Waals surface area contributed by atoms with Crippen molar-refractivity contribution >= 4 is 11.7 Å². The number of hydrogen-bond acceptors (Lipinski definition) is 3. The minimum atomic E-state index is -0.746. The molecule has 1 aromatic carbocycles. The lowest BCUT2D eigenvalue weighted by Crippen LogP contribution is -2.27. The van der Waals surface area contributed by atoms with Crippen molar-refractivity contribution in [3.05, 3.63) is 35.9 Å². The van der Waals surface area contributed by atoms with Gasteiger partial charge in [-0.05, 0) is 18.9 Å². The monoisotopic (exact) mass is 249 g/mol. The third kappa shape index (κ3) is 6.15. The quantitative estimate of drug-likeness (QED) is 0.768. The van der Waals surface area contributed by atoms with Crippen molar-refractivity contribution in [1.29, 1.82) is 0 Å². The summed E-state index contributed by atoms with van der Waals surface area (Å²) in [6, 6.07) is 9.57. The van der Waals surface area contributed by atoms with Gasteiger partial charge in [-0.2, -0.15) is 0 Å². The van der Waals surface area contributed by atoms with Crippen LogP contribution in [-0.2, 0) is 16.1 Å². The van der Waals surface area contributed by atoms with Crippen molar-refractivity contribution in [3.8, 4) is 0 Å². The van der Waals surface area contributed by atoms with Gasteiger partial charge in [0.2, 0.25) is 5.91 Å². The number of amides is 1. The van der Waals surface area contributed by atoms with Gasteiger partial charge in [-0.25, -0.2) is 0 Å². The van der Waals surface area contributed by atoms with Crippen LogP contribution in [0.2, 0.25) is 0 Å². The van der Waals surface area contributed by atoms with E-state index in [1.807, 2.05) is 30.3 Å². The smallest absolute Gasteiger partial charge is 0.222 e. The molecule has 1 rings (SSSR count). The van der Waals surface area contributed by atoms with Gasteiger partial charge < -0.3 is 15.2 Å². The van der Waals surface area contributed by atoms with Gasteiger partial charge in [0.05, 0.1) is 12.5 Å². The van der Waals surface area contributed by atoms with E-state index in [0.29, 0.717) is 19.4 Å². The van der Waals surface area contributed by atoms with Gasteiger partial charge in [0.15, 0.2) is 0 Å². The van der Waals surface area contributed by atoms with Gasteiger partial charge in [0, 0.05) is 13.0 Å². The second-order valence-electron chi connectivity index (χ2n) is 4.36. The number of hydrogen-bond donors (Lipinski definition) is 2. The van der Waals surface area contributed by atoms with E-state index in [0.717, 1.165) is 5.56 Å². The number of benzene rings is 1. The summed E-state index contributed by atoms with van der Waals surface area (Å²) in [6.45, 7) is 1.93. The minimum Gasteiger partial charge on any atom is -0.393 e. The lowest BCUT2D eigenvalue weighted by atomic mass is 10.1. The largest absolute Gasteiger partial charge is 0.393 e. The molecule has 98 valence electrons. The number of carbonyl (C=O) groups excluding carboxylic acids is 2. The normalized spacial score (nSPS) is 11.9. The van der Waals surface area contributed by atoms with Gasteiger partial charge in [0.1, 0.15) is 5.78 Å². The molecule has 1 aromatic rings. The summed E-state index contributed by atoms with van der Waals surface area (Å²) in [7, 11) is 0. The van der Waals surface area contributed by atoms with Crippen LogP contribution in [0.1, 0.15) is 31.7 Å². The second kappa shape index (κ2) is 7.61. The molecule has 4 nitrogen and oxygen atoms in total. The number of aliphatic hydroxyl groups is 1. The van der Waals surface area contributed by atoms with Crippen LogP contribution in [0.25, 0.3) is 0 Å². The Bertz CT molecular complexity index is 389. The number of carbonyl (C=O) groups is 2. The molecule has 4 heteroatoms. The standard InChI is InChI=1S/C14H19NO3/c1-11(16)7-8-13(17)9-14(18)15-10-12-5-3-2-4-6-12/h2-6,13,17H,7-10H2,1H3,(H,15,18). The molecule has 0 radical (unpaired) electrons. The van der Waals surface area contributed by atoms with Crippen molar-refractivity contribution in [2.24, 2.45) is 0 Å². The lowest BCUT2D eigenvalue weighted by Gasteiger charge is -2.10. The van der Waals surface area contributed by atoms with Crippen LogP contribution in [0.4, 0.5) is 0 Å². The molecule has 0 aromatic heterocycles. The van der Waals surface area contributed by atoms with Crippen LogP contribution in [0.3, 0.4) is 0 Å². The summed E-state index contributed by atoms with van der Waals surface area (Å²) in [5, 5.41) is 12.3. The van der Waals surface area contributed by atoms with Crippen LogP contribution in [-0.4, -0.2) is 22.9 Å². The molecule has 1 amide bonds. The average molecular weight is 249 g/mol. The highest BCUT2D eigenvalue weighted by atomic mass is 16.3. The molecule has 18 heavy (non-hydrogen) atoms. The molecule has 1 unspecified atom stereocenters. The predicted octanol–water partition coefficient (Wildman–Crippen LogP) is 1.42. The molecule has 0 aliphatic carbocycles. The van der Waals surface area contributed by atoms with Crippen LogP contribution in [0, 0.1) is 0 Å². The van der Waals surface area contributed by atoms with Gasteiger partial charge in [-0.15, -0.1) is 0 Å². The van der Waals surface area contributed by atoms with Crippen LogP contribution >= 0.6 is 0 Å².